The predicted molar refractivity (Wildman–Crippen MR) is 112 cm³/mol. The number of nitrogens with one attached hydrogen (secondary N) is 2. The van der Waals surface area contributed by atoms with Gasteiger partial charge in [0.2, 0.25) is 5.91 Å². The molecule has 0 saturated heterocycles. The van der Waals surface area contributed by atoms with E-state index in [9.17, 15) is 9.59 Å². The number of aromatic nitrogens is 2. The van der Waals surface area contributed by atoms with E-state index in [0.29, 0.717) is 30.6 Å². The number of fused-ring (bicyclic) bond motifs is 1. The lowest BCUT2D eigenvalue weighted by Gasteiger charge is -2.06. The van der Waals surface area contributed by atoms with Crippen LogP contribution in [0.2, 0.25) is 0 Å². The number of methoxy groups -OCH3 is 1. The Morgan fingerprint density at radius 3 is 2.68 bits per heavy atom. The maximum absolute atomic E-state index is 12.3. The van der Waals surface area contributed by atoms with Gasteiger partial charge >= 0.3 is 0 Å². The van der Waals surface area contributed by atoms with Crippen LogP contribution in [0.5, 0.6) is 5.75 Å². The fourth-order valence-corrected chi connectivity index (χ4v) is 4.10. The Balaban J connectivity index is 1.45. The van der Waals surface area contributed by atoms with E-state index in [4.69, 9.17) is 4.74 Å². The molecule has 0 fully saturated rings. The minimum atomic E-state index is -0.123. The van der Waals surface area contributed by atoms with Gasteiger partial charge in [-0.25, -0.2) is 4.98 Å². The largest absolute Gasteiger partial charge is 0.497 e. The highest BCUT2D eigenvalue weighted by Crippen LogP contribution is 2.25. The summed E-state index contributed by atoms with van der Waals surface area (Å²) >= 11 is 1.52. The summed E-state index contributed by atoms with van der Waals surface area (Å²) < 4.78 is 5.14. The molecule has 0 aliphatic carbocycles. The zero-order chi connectivity index (χ0) is 20.1. The Morgan fingerprint density at radius 2 is 1.96 bits per heavy atom. The van der Waals surface area contributed by atoms with E-state index in [1.807, 2.05) is 38.1 Å². The lowest BCUT2D eigenvalue weighted by molar-refractivity contribution is -0.121. The van der Waals surface area contributed by atoms with Gasteiger partial charge in [-0.2, -0.15) is 0 Å². The first-order valence-electron chi connectivity index (χ1n) is 9.36. The highest BCUT2D eigenvalue weighted by atomic mass is 32.1. The van der Waals surface area contributed by atoms with E-state index >= 15 is 0 Å². The number of aromatic amines is 1. The van der Waals surface area contributed by atoms with Crippen LogP contribution in [0.4, 0.5) is 0 Å². The predicted octanol–water partition coefficient (Wildman–Crippen LogP) is 3.29. The molecule has 0 aliphatic heterocycles. The van der Waals surface area contributed by atoms with Crippen LogP contribution < -0.4 is 15.6 Å². The van der Waals surface area contributed by atoms with Gasteiger partial charge in [0.1, 0.15) is 16.4 Å². The molecule has 7 heteroatoms. The lowest BCUT2D eigenvalue weighted by atomic mass is 10.1. The molecule has 0 radical (unpaired) electrons. The molecule has 0 saturated carbocycles. The molecule has 1 aromatic carbocycles. The number of carbonyl (C=O) groups excluding carboxylic acids is 1. The lowest BCUT2D eigenvalue weighted by Crippen LogP contribution is -2.25. The molecule has 3 rings (SSSR count). The summed E-state index contributed by atoms with van der Waals surface area (Å²) in [5, 5.41) is 3.59. The summed E-state index contributed by atoms with van der Waals surface area (Å²) in [6.07, 6.45) is 2.49. The van der Waals surface area contributed by atoms with Crippen LogP contribution >= 0.6 is 11.3 Å². The number of benzene rings is 1. The monoisotopic (exact) mass is 399 g/mol. The van der Waals surface area contributed by atoms with Crippen molar-refractivity contribution in [3.05, 3.63) is 56.4 Å². The van der Waals surface area contributed by atoms with Crippen molar-refractivity contribution in [1.29, 1.82) is 0 Å². The van der Waals surface area contributed by atoms with Crippen LogP contribution in [0.3, 0.4) is 0 Å². The Bertz CT molecular complexity index is 1020. The molecule has 2 heterocycles. The zero-order valence-electron chi connectivity index (χ0n) is 16.4. The summed E-state index contributed by atoms with van der Waals surface area (Å²) in [6.45, 7) is 4.54. The molecular weight excluding hydrogens is 374 g/mol. The minimum absolute atomic E-state index is 0.0315. The molecule has 6 nitrogen and oxygen atoms in total. The number of nitrogens with zero attached hydrogens (tertiary/aromatic N) is 1. The van der Waals surface area contributed by atoms with E-state index in [1.165, 1.54) is 16.9 Å². The molecule has 1 amide bonds. The van der Waals surface area contributed by atoms with E-state index in [0.717, 1.165) is 33.9 Å². The molecular formula is C21H25N3O3S. The highest BCUT2D eigenvalue weighted by molar-refractivity contribution is 7.18. The second-order valence-electron chi connectivity index (χ2n) is 6.78. The Kier molecular flexibility index (Phi) is 6.46. The fraction of sp³-hybridized carbons (Fsp3) is 0.381. The molecule has 0 spiro atoms. The van der Waals surface area contributed by atoms with Crippen LogP contribution in [-0.4, -0.2) is 29.5 Å². The van der Waals surface area contributed by atoms with Crippen molar-refractivity contribution in [2.45, 2.75) is 39.5 Å². The van der Waals surface area contributed by atoms with Gasteiger partial charge in [0.25, 0.3) is 5.56 Å². The number of thiophene rings is 1. The van der Waals surface area contributed by atoms with Gasteiger partial charge in [-0.3, -0.25) is 9.59 Å². The number of hydrogen-bond donors (Lipinski definition) is 2. The molecule has 0 bridgehead atoms. The normalized spacial score (nSPS) is 11.0. The van der Waals surface area contributed by atoms with Crippen LogP contribution in [0.25, 0.3) is 10.2 Å². The Labute approximate surface area is 168 Å². The summed E-state index contributed by atoms with van der Waals surface area (Å²) in [5.41, 5.74) is 2.07. The van der Waals surface area contributed by atoms with Crippen LogP contribution in [-0.2, 0) is 17.6 Å². The number of rotatable bonds is 8. The summed E-state index contributed by atoms with van der Waals surface area (Å²) in [4.78, 5) is 33.5. The number of hydrogen-bond acceptors (Lipinski definition) is 5. The maximum atomic E-state index is 12.3. The van der Waals surface area contributed by atoms with Gasteiger partial charge in [-0.1, -0.05) is 12.1 Å². The fourth-order valence-electron chi connectivity index (χ4n) is 3.05. The molecule has 3 aromatic rings. The standard InChI is InChI=1S/C21H25N3O3S/c1-13-14(2)28-21-19(13)20(26)23-17(24-21)10-11-18(25)22-12-4-5-15-6-8-16(27-3)9-7-15/h6-9H,4-5,10-12H2,1-3H3,(H,22,25)(H,23,24,26). The van der Waals surface area contributed by atoms with Gasteiger partial charge in [0.15, 0.2) is 0 Å². The topological polar surface area (TPSA) is 84.1 Å². The van der Waals surface area contributed by atoms with E-state index in [1.54, 1.807) is 7.11 Å². The zero-order valence-corrected chi connectivity index (χ0v) is 17.2. The first kappa shape index (κ1) is 20.1. The molecule has 2 aromatic heterocycles. The van der Waals surface area contributed by atoms with Crippen molar-refractivity contribution < 1.29 is 9.53 Å². The van der Waals surface area contributed by atoms with E-state index < -0.39 is 0 Å². The maximum Gasteiger partial charge on any atom is 0.259 e. The van der Waals surface area contributed by atoms with Gasteiger partial charge in [-0.05, 0) is 49.9 Å². The average molecular weight is 400 g/mol. The third-order valence-electron chi connectivity index (χ3n) is 4.80. The van der Waals surface area contributed by atoms with Crippen molar-refractivity contribution in [1.82, 2.24) is 15.3 Å². The van der Waals surface area contributed by atoms with Crippen LogP contribution in [0.15, 0.2) is 29.1 Å². The SMILES string of the molecule is COc1ccc(CCCNC(=O)CCc2nc3sc(C)c(C)c3c(=O)[nH]2)cc1. The van der Waals surface area contributed by atoms with Gasteiger partial charge in [-0.15, -0.1) is 11.3 Å². The summed E-state index contributed by atoms with van der Waals surface area (Å²) in [7, 11) is 1.65. The van der Waals surface area contributed by atoms with Crippen molar-refractivity contribution in [3.8, 4) is 5.75 Å². The van der Waals surface area contributed by atoms with Gasteiger partial charge < -0.3 is 15.0 Å². The quantitative estimate of drug-likeness (QED) is 0.569. The molecule has 0 unspecified atom stereocenters. The van der Waals surface area contributed by atoms with Crippen molar-refractivity contribution in [3.63, 3.8) is 0 Å². The summed E-state index contributed by atoms with van der Waals surface area (Å²) in [5.74, 6) is 1.37. The van der Waals surface area contributed by atoms with Crippen LogP contribution in [0, 0.1) is 13.8 Å². The molecule has 148 valence electrons. The first-order valence-corrected chi connectivity index (χ1v) is 10.2. The van der Waals surface area contributed by atoms with Crippen molar-refractivity contribution >= 4 is 27.5 Å². The number of ether oxygens (including phenoxy) is 1. The first-order chi connectivity index (χ1) is 13.5. The Morgan fingerprint density at radius 1 is 1.21 bits per heavy atom. The van der Waals surface area contributed by atoms with E-state index in [2.05, 4.69) is 15.3 Å². The number of H-pyrrole nitrogens is 1. The Hall–Kier alpha value is -2.67. The van der Waals surface area contributed by atoms with Crippen molar-refractivity contribution in [2.24, 2.45) is 0 Å². The third kappa shape index (κ3) is 4.78. The number of aryl methyl sites for hydroxylation is 4. The second-order valence-corrected chi connectivity index (χ2v) is 7.98. The average Bonchev–Trinajstić information content (AvgIpc) is 2.98. The highest BCUT2D eigenvalue weighted by Gasteiger charge is 2.12. The second kappa shape index (κ2) is 9.01. The molecule has 2 N–H and O–H groups in total. The van der Waals surface area contributed by atoms with Crippen LogP contribution in [0.1, 0.15) is 34.7 Å². The summed E-state index contributed by atoms with van der Waals surface area (Å²) in [6, 6.07) is 7.95. The van der Waals surface area contributed by atoms with Gasteiger partial charge in [0.05, 0.1) is 12.5 Å². The number of carbonyl (C=O) groups is 1. The molecule has 0 aliphatic rings. The smallest absolute Gasteiger partial charge is 0.259 e. The molecule has 0 atom stereocenters. The van der Waals surface area contributed by atoms with Crippen molar-refractivity contribution in [2.75, 3.05) is 13.7 Å². The van der Waals surface area contributed by atoms with E-state index in [-0.39, 0.29) is 11.5 Å². The third-order valence-corrected chi connectivity index (χ3v) is 5.90. The number of amides is 1. The minimum Gasteiger partial charge on any atom is -0.497 e. The van der Waals surface area contributed by atoms with Gasteiger partial charge in [0, 0.05) is 24.3 Å². The molecule has 28 heavy (non-hydrogen) atoms.